The van der Waals surface area contributed by atoms with Crippen molar-refractivity contribution in [3.8, 4) is 11.5 Å². The van der Waals surface area contributed by atoms with Crippen LogP contribution in [0.4, 0.5) is 4.79 Å². The third-order valence-corrected chi connectivity index (χ3v) is 6.18. The van der Waals surface area contributed by atoms with Gasteiger partial charge in [-0.3, -0.25) is 0 Å². The van der Waals surface area contributed by atoms with E-state index in [9.17, 15) is 9.36 Å². The van der Waals surface area contributed by atoms with Crippen LogP contribution in [0.5, 0.6) is 11.5 Å². The van der Waals surface area contributed by atoms with Crippen LogP contribution in [0.3, 0.4) is 0 Å². The quantitative estimate of drug-likeness (QED) is 0.451. The van der Waals surface area contributed by atoms with Gasteiger partial charge in [-0.25, -0.2) is 9.69 Å². The van der Waals surface area contributed by atoms with Crippen molar-refractivity contribution >= 4 is 13.9 Å². The third-order valence-electron chi connectivity index (χ3n) is 4.90. The summed E-state index contributed by atoms with van der Waals surface area (Å²) in [5.41, 5.74) is -0.768. The summed E-state index contributed by atoms with van der Waals surface area (Å²) in [4.78, 5) is 14.3. The van der Waals surface area contributed by atoms with Gasteiger partial charge < -0.3 is 27.8 Å². The van der Waals surface area contributed by atoms with Gasteiger partial charge in [0.15, 0.2) is 5.79 Å². The highest BCUT2D eigenvalue weighted by molar-refractivity contribution is 7.49. The molecule has 0 spiro atoms. The lowest BCUT2D eigenvalue weighted by Gasteiger charge is -2.34. The molecule has 2 aliphatic heterocycles. The Morgan fingerprint density at radius 2 is 1.49 bits per heavy atom. The summed E-state index contributed by atoms with van der Waals surface area (Å²) in [5, 5.41) is 0. The molecule has 10 heteroatoms. The van der Waals surface area contributed by atoms with Crippen molar-refractivity contribution in [3.63, 3.8) is 0 Å². The lowest BCUT2D eigenvalue weighted by atomic mass is 10.1. The van der Waals surface area contributed by atoms with Crippen molar-refractivity contribution in [1.82, 2.24) is 4.90 Å². The Bertz CT molecular complexity index is 1070. The molecule has 1 amide bonds. The molecule has 4 rings (SSSR count). The van der Waals surface area contributed by atoms with E-state index in [4.69, 9.17) is 27.8 Å². The lowest BCUT2D eigenvalue weighted by molar-refractivity contribution is -0.143. The van der Waals surface area contributed by atoms with E-state index in [-0.39, 0.29) is 23.9 Å². The second-order valence-electron chi connectivity index (χ2n) is 9.58. The monoisotopic (exact) mass is 503 g/mol. The normalized spacial score (nSPS) is 21.5. The van der Waals surface area contributed by atoms with E-state index in [2.05, 4.69) is 0 Å². The Morgan fingerprint density at radius 3 is 2.00 bits per heavy atom. The molecule has 0 aromatic heterocycles. The Balaban J connectivity index is 1.68. The Hall–Kier alpha value is -3.00. The fraction of sp³-hybridized carbons (Fsp3) is 0.400. The molecule has 2 aromatic carbocycles. The molecule has 2 aromatic rings. The number of phosphoric acid groups is 1. The molecule has 0 N–H and O–H groups in total. The molecule has 188 valence electrons. The first kappa shape index (κ1) is 25.1. The van der Waals surface area contributed by atoms with Crippen LogP contribution in [-0.4, -0.2) is 41.1 Å². The minimum atomic E-state index is -4.34. The highest BCUT2D eigenvalue weighted by Crippen LogP contribution is 2.52. The van der Waals surface area contributed by atoms with Gasteiger partial charge in [-0.2, -0.15) is 4.57 Å². The highest BCUT2D eigenvalue weighted by Gasteiger charge is 2.48. The summed E-state index contributed by atoms with van der Waals surface area (Å²) in [7, 11) is -4.34. The van der Waals surface area contributed by atoms with Crippen molar-refractivity contribution in [1.29, 1.82) is 0 Å². The molecular weight excluding hydrogens is 473 g/mol. The summed E-state index contributed by atoms with van der Waals surface area (Å²) in [6.45, 7) is 8.87. The summed E-state index contributed by atoms with van der Waals surface area (Å²) in [6.07, 6.45) is -0.168. The van der Waals surface area contributed by atoms with E-state index >= 15 is 0 Å². The van der Waals surface area contributed by atoms with Crippen LogP contribution >= 0.6 is 7.82 Å². The van der Waals surface area contributed by atoms with E-state index in [0.29, 0.717) is 0 Å². The fourth-order valence-electron chi connectivity index (χ4n) is 3.60. The molecule has 2 aliphatic rings. The minimum Gasteiger partial charge on any atom is -0.443 e. The molecule has 0 saturated carbocycles. The second kappa shape index (κ2) is 9.57. The molecule has 0 aliphatic carbocycles. The van der Waals surface area contributed by atoms with E-state index < -0.39 is 37.5 Å². The van der Waals surface area contributed by atoms with E-state index in [1.165, 1.54) is 11.0 Å². The average molecular weight is 503 g/mol. The van der Waals surface area contributed by atoms with Crippen molar-refractivity contribution in [3.05, 3.63) is 72.6 Å². The number of para-hydroxylation sites is 2. The number of ether oxygens (including phenoxy) is 3. The maximum atomic E-state index is 13.9. The molecule has 2 heterocycles. The summed E-state index contributed by atoms with van der Waals surface area (Å²) in [5.74, 6) is -0.402. The van der Waals surface area contributed by atoms with E-state index in [1.807, 2.05) is 0 Å². The van der Waals surface area contributed by atoms with Crippen LogP contribution in [0.1, 0.15) is 34.6 Å². The molecule has 1 saturated heterocycles. The zero-order valence-electron chi connectivity index (χ0n) is 20.4. The number of nitrogens with zero attached hydrogens (tertiary/aromatic N) is 1. The first-order valence-electron chi connectivity index (χ1n) is 11.3. The van der Waals surface area contributed by atoms with Crippen LogP contribution in [0.2, 0.25) is 0 Å². The van der Waals surface area contributed by atoms with E-state index in [0.717, 1.165) is 0 Å². The summed E-state index contributed by atoms with van der Waals surface area (Å²) in [6, 6.07) is 17.0. The van der Waals surface area contributed by atoms with Gasteiger partial charge in [-0.1, -0.05) is 36.4 Å². The molecule has 0 bridgehead atoms. The Morgan fingerprint density at radius 1 is 0.943 bits per heavy atom. The molecule has 0 radical (unpaired) electrons. The SMILES string of the molecule is CC(C)(C)OC(=O)N1C[C@H]2OC(C)(C)O[C@H]2C=C1OP(=O)(Oc1ccccc1)Oc1ccccc1. The lowest BCUT2D eigenvalue weighted by Crippen LogP contribution is -2.47. The maximum absolute atomic E-state index is 13.9. The zero-order chi connectivity index (χ0) is 25.3. The number of fused-ring (bicyclic) bond motifs is 1. The number of carbonyl (C=O) groups is 1. The Labute approximate surface area is 205 Å². The van der Waals surface area contributed by atoms with Crippen molar-refractivity contribution in [2.45, 2.75) is 58.2 Å². The number of benzene rings is 2. The van der Waals surface area contributed by atoms with Gasteiger partial charge in [0.25, 0.3) is 0 Å². The number of phosphoric ester groups is 1. The maximum Gasteiger partial charge on any atom is 0.648 e. The van der Waals surface area contributed by atoms with Gasteiger partial charge in [-0.15, -0.1) is 0 Å². The average Bonchev–Trinajstić information content (AvgIpc) is 3.05. The predicted molar refractivity (Wildman–Crippen MR) is 128 cm³/mol. The van der Waals surface area contributed by atoms with Crippen molar-refractivity contribution < 1.29 is 37.1 Å². The molecule has 2 atom stereocenters. The third kappa shape index (κ3) is 6.57. The minimum absolute atomic E-state index is 0.0610. The van der Waals surface area contributed by atoms with Gasteiger partial charge in [0.1, 0.15) is 29.3 Å². The summed E-state index contributed by atoms with van der Waals surface area (Å²) < 4.78 is 48.6. The number of hydrogen-bond donors (Lipinski definition) is 0. The van der Waals surface area contributed by atoms with Crippen LogP contribution in [0.15, 0.2) is 72.6 Å². The van der Waals surface area contributed by atoms with Crippen LogP contribution in [0.25, 0.3) is 0 Å². The largest absolute Gasteiger partial charge is 0.648 e. The van der Waals surface area contributed by atoms with E-state index in [1.54, 1.807) is 95.3 Å². The van der Waals surface area contributed by atoms with Crippen LogP contribution < -0.4 is 9.05 Å². The number of carbonyl (C=O) groups excluding carboxylic acids is 1. The second-order valence-corrected chi connectivity index (χ2v) is 11.0. The van der Waals surface area contributed by atoms with Gasteiger partial charge in [0.05, 0.1) is 6.54 Å². The molecule has 1 fully saturated rings. The fourth-order valence-corrected chi connectivity index (χ4v) is 4.86. The number of hydrogen-bond acceptors (Lipinski definition) is 8. The smallest absolute Gasteiger partial charge is 0.443 e. The number of amides is 1. The first-order valence-corrected chi connectivity index (χ1v) is 12.7. The number of rotatable bonds is 6. The molecule has 0 unspecified atom stereocenters. The standard InChI is InChI=1S/C25H30NO8P/c1-24(2,3)31-23(27)26-17-21-20(29-25(4,5)30-21)16-22(26)34-35(28,32-18-12-8-6-9-13-18)33-19-14-10-7-11-15-19/h6-16,20-21H,17H2,1-5H3/t20-,21+/m0/s1. The topological polar surface area (TPSA) is 92.8 Å². The van der Waals surface area contributed by atoms with Gasteiger partial charge in [0.2, 0.25) is 5.88 Å². The van der Waals surface area contributed by atoms with Crippen molar-refractivity contribution in [2.75, 3.05) is 6.54 Å². The van der Waals surface area contributed by atoms with Gasteiger partial charge in [0, 0.05) is 6.08 Å². The molecule has 35 heavy (non-hydrogen) atoms. The molecule has 9 nitrogen and oxygen atoms in total. The Kier molecular flexibility index (Phi) is 6.86. The van der Waals surface area contributed by atoms with Crippen LogP contribution in [-0.2, 0) is 23.3 Å². The predicted octanol–water partition coefficient (Wildman–Crippen LogP) is 5.88. The van der Waals surface area contributed by atoms with Gasteiger partial charge in [-0.05, 0) is 58.9 Å². The first-order chi connectivity index (χ1) is 16.4. The summed E-state index contributed by atoms with van der Waals surface area (Å²) >= 11 is 0. The molecular formula is C25H30NO8P. The van der Waals surface area contributed by atoms with Crippen LogP contribution in [0, 0.1) is 0 Å². The van der Waals surface area contributed by atoms with Gasteiger partial charge >= 0.3 is 13.9 Å². The highest BCUT2D eigenvalue weighted by atomic mass is 31.2. The zero-order valence-corrected chi connectivity index (χ0v) is 21.3. The van der Waals surface area contributed by atoms with Crippen molar-refractivity contribution in [2.24, 2.45) is 0 Å².